The second-order valence-corrected chi connectivity index (χ2v) is 1.03. The van der Waals surface area contributed by atoms with Gasteiger partial charge in [-0.05, 0) is 12.7 Å². The number of rotatable bonds is 0. The largest absolute Gasteiger partial charge is 0.406 e. The topological polar surface area (TPSA) is 26.0 Å². The molecule has 2 nitrogen and oxygen atoms in total. The van der Waals surface area contributed by atoms with Crippen LogP contribution in [0.4, 0.5) is 0 Å². The molecule has 1 heterocycles. The van der Waals surface area contributed by atoms with Crippen LogP contribution in [0.5, 0.6) is 0 Å². The third kappa shape index (κ3) is 1.84. The first-order chi connectivity index (χ1) is 2.89. The summed E-state index contributed by atoms with van der Waals surface area (Å²) in [5.41, 5.74) is 0. The van der Waals surface area contributed by atoms with Gasteiger partial charge in [-0.2, -0.15) is 0 Å². The molecule has 0 amide bonds. The monoisotopic (exact) mass is 185 g/mol. The van der Waals surface area contributed by atoms with E-state index in [1.807, 2.05) is 0 Å². The normalized spacial score (nSPS) is 7.57. The zero-order valence-corrected chi connectivity index (χ0v) is 5.40. The summed E-state index contributed by atoms with van der Waals surface area (Å²) in [7, 11) is 0. The Hall–Kier alpha value is -0.167. The molecule has 1 aromatic rings. The number of aromatic nitrogens is 1. The molecule has 0 bridgehead atoms. The fraction of sp³-hybridized carbons (Fsp3) is 0.250. The van der Waals surface area contributed by atoms with Crippen LogP contribution in [0.15, 0.2) is 10.7 Å². The average Bonchev–Trinajstić information content (AvgIpc) is 1.86. The molecule has 1 aromatic heterocycles. The summed E-state index contributed by atoms with van der Waals surface area (Å²) < 4.78 is 4.53. The van der Waals surface area contributed by atoms with Crippen LogP contribution in [0.1, 0.15) is 5.76 Å². The van der Waals surface area contributed by atoms with Crippen molar-refractivity contribution in [3.63, 3.8) is 0 Å². The van der Waals surface area contributed by atoms with Gasteiger partial charge in [0.15, 0.2) is 0 Å². The Morgan fingerprint density at radius 1 is 1.86 bits per heavy atom. The van der Waals surface area contributed by atoms with Crippen molar-refractivity contribution in [2.24, 2.45) is 0 Å². The first-order valence-electron chi connectivity index (χ1n) is 1.68. The molecule has 0 unspecified atom stereocenters. The van der Waals surface area contributed by atoms with Crippen molar-refractivity contribution in [2.75, 3.05) is 0 Å². The first-order valence-corrected chi connectivity index (χ1v) is 1.68. The van der Waals surface area contributed by atoms with Crippen molar-refractivity contribution in [1.82, 2.24) is 5.16 Å². The summed E-state index contributed by atoms with van der Waals surface area (Å²) in [6.07, 6.45) is 1.50. The molecule has 41 valence electrons. The van der Waals surface area contributed by atoms with E-state index in [1.165, 1.54) is 6.20 Å². The number of hydrogen-bond acceptors (Lipinski definition) is 2. The van der Waals surface area contributed by atoms with E-state index in [2.05, 4.69) is 15.7 Å². The molecule has 0 saturated carbocycles. The Labute approximate surface area is 54.6 Å². The van der Waals surface area contributed by atoms with E-state index >= 15 is 0 Å². The zero-order chi connectivity index (χ0) is 4.41. The molecule has 0 saturated heterocycles. The van der Waals surface area contributed by atoms with Crippen LogP contribution in [-0.4, -0.2) is 5.16 Å². The molecule has 1 rings (SSSR count). The zero-order valence-electron chi connectivity index (χ0n) is 3.77. The molecule has 0 aliphatic carbocycles. The van der Waals surface area contributed by atoms with Crippen LogP contribution >= 0.6 is 0 Å². The van der Waals surface area contributed by atoms with Gasteiger partial charge < -0.3 is 10.6 Å². The van der Waals surface area contributed by atoms with E-state index in [1.54, 1.807) is 6.92 Å². The molecule has 0 aromatic carbocycles. The van der Waals surface area contributed by atoms with E-state index in [9.17, 15) is 0 Å². The summed E-state index contributed by atoms with van der Waals surface area (Å²) in [5, 5.41) is 3.39. The van der Waals surface area contributed by atoms with Gasteiger partial charge in [0.05, 0.1) is 0 Å². The minimum absolute atomic E-state index is 0. The predicted molar refractivity (Wildman–Crippen MR) is 20.1 cm³/mol. The third-order valence-electron chi connectivity index (χ3n) is 0.510. The Morgan fingerprint density at radius 3 is 2.71 bits per heavy atom. The van der Waals surface area contributed by atoms with Gasteiger partial charge >= 0.3 is 0 Å². The Morgan fingerprint density at radius 2 is 2.57 bits per heavy atom. The van der Waals surface area contributed by atoms with Gasteiger partial charge in [-0.25, -0.2) is 0 Å². The van der Waals surface area contributed by atoms with Crippen LogP contribution < -0.4 is 0 Å². The van der Waals surface area contributed by atoms with Crippen molar-refractivity contribution in [3.8, 4) is 0 Å². The van der Waals surface area contributed by atoms with Gasteiger partial charge in [0.2, 0.25) is 0 Å². The van der Waals surface area contributed by atoms with E-state index < -0.39 is 0 Å². The summed E-state index contributed by atoms with van der Waals surface area (Å²) in [4.78, 5) is 0. The molecular formula is C4H4NORh-. The van der Waals surface area contributed by atoms with E-state index in [0.717, 1.165) is 5.76 Å². The molecule has 7 heavy (non-hydrogen) atoms. The number of hydrogen-bond donors (Lipinski definition) is 0. The van der Waals surface area contributed by atoms with Crippen molar-refractivity contribution in [3.05, 3.63) is 18.0 Å². The molecule has 3 heteroatoms. The van der Waals surface area contributed by atoms with Crippen molar-refractivity contribution >= 4 is 0 Å². The fourth-order valence-electron chi connectivity index (χ4n) is 0.249. The maximum Gasteiger partial charge on any atom is 0 e. The smallest absolute Gasteiger partial charge is 0 e. The van der Waals surface area contributed by atoms with Crippen LogP contribution in [0.25, 0.3) is 0 Å². The molecule has 0 atom stereocenters. The Kier molecular flexibility index (Phi) is 2.85. The van der Waals surface area contributed by atoms with E-state index in [0.29, 0.717) is 0 Å². The van der Waals surface area contributed by atoms with Crippen molar-refractivity contribution in [1.29, 1.82) is 0 Å². The predicted octanol–water partition coefficient (Wildman–Crippen LogP) is 0.781. The molecule has 0 N–H and O–H groups in total. The van der Waals surface area contributed by atoms with Crippen LogP contribution in [-0.2, 0) is 19.5 Å². The van der Waals surface area contributed by atoms with Crippen molar-refractivity contribution in [2.45, 2.75) is 6.92 Å². The summed E-state index contributed by atoms with van der Waals surface area (Å²) in [6.45, 7) is 1.80. The number of nitrogens with zero attached hydrogens (tertiary/aromatic N) is 1. The standard InChI is InChI=1S/C4H4NO.Rh/c1-4-2-3-5-6-4;/h3H,1H3;/q-1;. The second kappa shape index (κ2) is 2.92. The van der Waals surface area contributed by atoms with Crippen LogP contribution in [0, 0.1) is 13.0 Å². The maximum atomic E-state index is 4.53. The molecule has 0 aliphatic rings. The summed E-state index contributed by atoms with van der Waals surface area (Å²) >= 11 is 0. The Bertz CT molecular complexity index is 115. The Balaban J connectivity index is 0.000000360. The van der Waals surface area contributed by atoms with E-state index in [4.69, 9.17) is 0 Å². The van der Waals surface area contributed by atoms with Gasteiger partial charge in [0.1, 0.15) is 0 Å². The van der Waals surface area contributed by atoms with Gasteiger partial charge in [-0.15, -0.1) is 11.4 Å². The minimum atomic E-state index is 0. The molecule has 0 spiro atoms. The van der Waals surface area contributed by atoms with Crippen LogP contribution in [0.3, 0.4) is 0 Å². The maximum absolute atomic E-state index is 4.53. The quantitative estimate of drug-likeness (QED) is 0.441. The van der Waals surface area contributed by atoms with E-state index in [-0.39, 0.29) is 19.5 Å². The van der Waals surface area contributed by atoms with Gasteiger partial charge in [-0.1, -0.05) is 0 Å². The molecule has 1 radical (unpaired) electrons. The first kappa shape index (κ1) is 6.83. The molecule has 0 aliphatic heterocycles. The molecule has 0 fully saturated rings. The number of aryl methyl sites for hydroxylation is 1. The van der Waals surface area contributed by atoms with Gasteiger partial charge in [-0.3, -0.25) is 0 Å². The second-order valence-electron chi connectivity index (χ2n) is 1.03. The SMILES string of the molecule is Cc1[c-]cno1.[Rh]. The van der Waals surface area contributed by atoms with Gasteiger partial charge in [0, 0.05) is 19.5 Å². The fourth-order valence-corrected chi connectivity index (χ4v) is 0.249. The average molecular weight is 185 g/mol. The van der Waals surface area contributed by atoms with Crippen LogP contribution in [0.2, 0.25) is 0 Å². The minimum Gasteiger partial charge on any atom is -0.406 e. The van der Waals surface area contributed by atoms with Crippen molar-refractivity contribution < 1.29 is 24.0 Å². The summed E-state index contributed by atoms with van der Waals surface area (Å²) in [5.74, 6) is 0.731. The third-order valence-corrected chi connectivity index (χ3v) is 0.510. The summed E-state index contributed by atoms with van der Waals surface area (Å²) in [6, 6.07) is 2.72. The molecular weight excluding hydrogens is 181 g/mol. The van der Waals surface area contributed by atoms with Gasteiger partial charge in [0.25, 0.3) is 0 Å².